The first-order valence-corrected chi connectivity index (χ1v) is 5.44. The number of nitrogens with zero attached hydrogens (tertiary/aromatic N) is 2. The lowest BCUT2D eigenvalue weighted by atomic mass is 10.2. The lowest BCUT2D eigenvalue weighted by Gasteiger charge is -2.07. The van der Waals surface area contributed by atoms with Crippen LogP contribution in [0.15, 0.2) is 36.7 Å². The van der Waals surface area contributed by atoms with Crippen LogP contribution in [-0.4, -0.2) is 32.4 Å². The molecule has 18 heavy (non-hydrogen) atoms. The summed E-state index contributed by atoms with van der Waals surface area (Å²) in [5.74, 6) is -0.662. The van der Waals surface area contributed by atoms with Crippen LogP contribution in [0.4, 0.5) is 0 Å². The number of benzene rings is 1. The minimum absolute atomic E-state index is 0.0514. The van der Waals surface area contributed by atoms with Gasteiger partial charge in [-0.3, -0.25) is 9.48 Å². The Balaban J connectivity index is 1.93. The highest BCUT2D eigenvalue weighted by molar-refractivity contribution is 5.97. The molecule has 2 rings (SSSR count). The summed E-state index contributed by atoms with van der Waals surface area (Å²) in [7, 11) is 0. The Morgan fingerprint density at radius 1 is 1.39 bits per heavy atom. The number of carbonyl (C=O) groups excluding carboxylic acids is 1. The van der Waals surface area contributed by atoms with E-state index in [1.54, 1.807) is 23.1 Å². The molecule has 0 aliphatic rings. The fourth-order valence-corrected chi connectivity index (χ4v) is 1.52. The lowest BCUT2D eigenvalue weighted by molar-refractivity contribution is 0.0949. The summed E-state index contributed by atoms with van der Waals surface area (Å²) in [5, 5.41) is 25.4. The maximum absolute atomic E-state index is 11.7. The number of amides is 1. The van der Waals surface area contributed by atoms with Crippen LogP contribution in [0.1, 0.15) is 10.4 Å². The first-order valence-electron chi connectivity index (χ1n) is 5.44. The van der Waals surface area contributed by atoms with Gasteiger partial charge in [0.05, 0.1) is 12.1 Å². The topological polar surface area (TPSA) is 87.4 Å². The maximum atomic E-state index is 11.7. The van der Waals surface area contributed by atoms with Gasteiger partial charge in [0.1, 0.15) is 11.5 Å². The normalized spacial score (nSPS) is 10.2. The molecule has 6 nitrogen and oxygen atoms in total. The molecule has 0 saturated carbocycles. The Hall–Kier alpha value is -2.50. The van der Waals surface area contributed by atoms with E-state index in [0.717, 1.165) is 0 Å². The predicted octanol–water partition coefficient (Wildman–Crippen LogP) is 0.724. The molecule has 0 aliphatic heterocycles. The van der Waals surface area contributed by atoms with Crippen molar-refractivity contribution in [3.05, 3.63) is 42.2 Å². The third kappa shape index (κ3) is 2.79. The number of aromatic hydroxyl groups is 2. The zero-order valence-electron chi connectivity index (χ0n) is 9.58. The lowest BCUT2D eigenvalue weighted by Crippen LogP contribution is -2.27. The summed E-state index contributed by atoms with van der Waals surface area (Å²) in [6, 6.07) is 5.61. The van der Waals surface area contributed by atoms with Crippen molar-refractivity contribution in [3.63, 3.8) is 0 Å². The van der Waals surface area contributed by atoms with Crippen molar-refractivity contribution in [2.45, 2.75) is 6.54 Å². The number of rotatable bonds is 4. The summed E-state index contributed by atoms with van der Waals surface area (Å²) >= 11 is 0. The van der Waals surface area contributed by atoms with Crippen LogP contribution < -0.4 is 5.32 Å². The van der Waals surface area contributed by atoms with Gasteiger partial charge < -0.3 is 15.5 Å². The second-order valence-corrected chi connectivity index (χ2v) is 3.73. The molecule has 1 heterocycles. The molecule has 1 aromatic carbocycles. The summed E-state index contributed by atoms with van der Waals surface area (Å²) < 4.78 is 1.68. The average Bonchev–Trinajstić information content (AvgIpc) is 2.85. The second kappa shape index (κ2) is 5.22. The number of carbonyl (C=O) groups is 1. The molecule has 0 unspecified atom stereocenters. The zero-order valence-corrected chi connectivity index (χ0v) is 9.58. The van der Waals surface area contributed by atoms with Gasteiger partial charge in [-0.05, 0) is 24.3 Å². The molecule has 1 amide bonds. The van der Waals surface area contributed by atoms with Crippen LogP contribution in [-0.2, 0) is 6.54 Å². The average molecular weight is 247 g/mol. The number of aromatic nitrogens is 2. The number of hydrogen-bond acceptors (Lipinski definition) is 4. The van der Waals surface area contributed by atoms with Crippen molar-refractivity contribution in [2.24, 2.45) is 0 Å². The number of hydrogen-bond donors (Lipinski definition) is 3. The molecule has 0 spiro atoms. The van der Waals surface area contributed by atoms with Gasteiger partial charge in [-0.2, -0.15) is 5.10 Å². The van der Waals surface area contributed by atoms with Gasteiger partial charge in [0.25, 0.3) is 5.91 Å². The largest absolute Gasteiger partial charge is 0.508 e. The van der Waals surface area contributed by atoms with E-state index in [4.69, 9.17) is 0 Å². The Kier molecular flexibility index (Phi) is 3.47. The van der Waals surface area contributed by atoms with Crippen molar-refractivity contribution in [2.75, 3.05) is 6.54 Å². The molecule has 0 atom stereocenters. The second-order valence-electron chi connectivity index (χ2n) is 3.73. The molecule has 0 radical (unpaired) electrons. The summed E-state index contributed by atoms with van der Waals surface area (Å²) in [6.45, 7) is 0.925. The smallest absolute Gasteiger partial charge is 0.255 e. The summed E-state index contributed by atoms with van der Waals surface area (Å²) in [6.07, 6.45) is 3.45. The summed E-state index contributed by atoms with van der Waals surface area (Å²) in [4.78, 5) is 11.7. The van der Waals surface area contributed by atoms with Crippen LogP contribution in [0, 0.1) is 0 Å². The fraction of sp³-hybridized carbons (Fsp3) is 0.167. The highest BCUT2D eigenvalue weighted by Crippen LogP contribution is 2.21. The molecule has 94 valence electrons. The number of phenolic OH excluding ortho intramolecular Hbond substituents is 2. The SMILES string of the molecule is O=C(NCCn1cccn1)c1cc(O)ccc1O. The maximum Gasteiger partial charge on any atom is 0.255 e. The molecule has 0 bridgehead atoms. The van der Waals surface area contributed by atoms with Crippen molar-refractivity contribution in [3.8, 4) is 11.5 Å². The van der Waals surface area contributed by atoms with Gasteiger partial charge in [0.2, 0.25) is 0 Å². The minimum Gasteiger partial charge on any atom is -0.508 e. The van der Waals surface area contributed by atoms with Gasteiger partial charge in [-0.15, -0.1) is 0 Å². The van der Waals surface area contributed by atoms with E-state index in [1.165, 1.54) is 18.2 Å². The third-order valence-electron chi connectivity index (χ3n) is 2.41. The Morgan fingerprint density at radius 2 is 2.22 bits per heavy atom. The van der Waals surface area contributed by atoms with E-state index >= 15 is 0 Å². The molecular weight excluding hydrogens is 234 g/mol. The van der Waals surface area contributed by atoms with Gasteiger partial charge in [0.15, 0.2) is 0 Å². The zero-order chi connectivity index (χ0) is 13.0. The molecule has 2 aromatic rings. The third-order valence-corrected chi connectivity index (χ3v) is 2.41. The van der Waals surface area contributed by atoms with E-state index in [0.29, 0.717) is 13.1 Å². The van der Waals surface area contributed by atoms with E-state index in [-0.39, 0.29) is 17.1 Å². The fourth-order valence-electron chi connectivity index (χ4n) is 1.52. The van der Waals surface area contributed by atoms with Gasteiger partial charge in [0, 0.05) is 18.9 Å². The molecule has 0 saturated heterocycles. The predicted molar refractivity (Wildman–Crippen MR) is 64.3 cm³/mol. The molecule has 6 heteroatoms. The number of nitrogens with one attached hydrogen (secondary N) is 1. The van der Waals surface area contributed by atoms with E-state index < -0.39 is 5.91 Å². The van der Waals surface area contributed by atoms with Crippen LogP contribution in [0.5, 0.6) is 11.5 Å². The highest BCUT2D eigenvalue weighted by atomic mass is 16.3. The van der Waals surface area contributed by atoms with E-state index in [2.05, 4.69) is 10.4 Å². The first-order chi connectivity index (χ1) is 8.66. The summed E-state index contributed by atoms with van der Waals surface area (Å²) in [5.41, 5.74) is 0.0514. The van der Waals surface area contributed by atoms with Crippen LogP contribution in [0.2, 0.25) is 0 Å². The van der Waals surface area contributed by atoms with Crippen molar-refractivity contribution in [1.29, 1.82) is 0 Å². The van der Waals surface area contributed by atoms with Crippen LogP contribution >= 0.6 is 0 Å². The number of phenols is 2. The van der Waals surface area contributed by atoms with Crippen molar-refractivity contribution < 1.29 is 15.0 Å². The van der Waals surface area contributed by atoms with Crippen LogP contribution in [0.3, 0.4) is 0 Å². The van der Waals surface area contributed by atoms with Crippen LogP contribution in [0.25, 0.3) is 0 Å². The Labute approximate surface area is 103 Å². The Morgan fingerprint density at radius 3 is 2.94 bits per heavy atom. The Bertz CT molecular complexity index is 538. The van der Waals surface area contributed by atoms with Crippen molar-refractivity contribution >= 4 is 5.91 Å². The van der Waals surface area contributed by atoms with Gasteiger partial charge in [-0.25, -0.2) is 0 Å². The molecule has 0 fully saturated rings. The monoisotopic (exact) mass is 247 g/mol. The quantitative estimate of drug-likeness (QED) is 0.695. The first kappa shape index (κ1) is 12.0. The van der Waals surface area contributed by atoms with E-state index in [9.17, 15) is 15.0 Å². The van der Waals surface area contributed by atoms with Gasteiger partial charge in [-0.1, -0.05) is 0 Å². The molecule has 1 aromatic heterocycles. The molecule has 0 aliphatic carbocycles. The highest BCUT2D eigenvalue weighted by Gasteiger charge is 2.11. The molecule has 3 N–H and O–H groups in total. The van der Waals surface area contributed by atoms with E-state index in [1.807, 2.05) is 0 Å². The van der Waals surface area contributed by atoms with Gasteiger partial charge >= 0.3 is 0 Å². The standard InChI is InChI=1S/C12H13N3O3/c16-9-2-3-11(17)10(8-9)12(18)13-5-7-15-6-1-4-14-15/h1-4,6,8,16-17H,5,7H2,(H,13,18). The van der Waals surface area contributed by atoms with Crippen molar-refractivity contribution in [1.82, 2.24) is 15.1 Å². The minimum atomic E-state index is -0.435. The molecular formula is C12H13N3O3.